The van der Waals surface area contributed by atoms with E-state index in [1.54, 1.807) is 12.1 Å². The van der Waals surface area contributed by atoms with Crippen LogP contribution in [-0.4, -0.2) is 11.8 Å². The Morgan fingerprint density at radius 3 is 3.00 bits per heavy atom. The number of alkyl halides is 1. The molecule has 0 atom stereocenters. The maximum Gasteiger partial charge on any atom is 0.265 e. The summed E-state index contributed by atoms with van der Waals surface area (Å²) in [6.45, 7) is 0. The van der Waals surface area contributed by atoms with Crippen LogP contribution in [0.5, 0.6) is 0 Å². The zero-order valence-corrected chi connectivity index (χ0v) is 9.00. The predicted octanol–water partition coefficient (Wildman–Crippen LogP) is 1.93. The van der Waals surface area contributed by atoms with Crippen LogP contribution in [0.25, 0.3) is 6.08 Å². The molecule has 0 spiro atoms. The van der Waals surface area contributed by atoms with E-state index in [2.05, 4.69) is 5.43 Å². The van der Waals surface area contributed by atoms with Crippen LogP contribution in [0.4, 0.5) is 0 Å². The van der Waals surface area contributed by atoms with Crippen LogP contribution in [0.15, 0.2) is 30.3 Å². The Morgan fingerprint density at radius 2 is 2.33 bits per heavy atom. The van der Waals surface area contributed by atoms with Crippen molar-refractivity contribution in [1.29, 1.82) is 0 Å². The van der Waals surface area contributed by atoms with Gasteiger partial charge < -0.3 is 0 Å². The summed E-state index contributed by atoms with van der Waals surface area (Å²) >= 11 is 5.54. The standard InChI is InChI=1S/C11H13ClN2O/c12-7-2-1-4-9-5-3-6-10(8-9)11(15)14-13/h1,3-6,8H,2,7,13H2,(H,14,15). The molecule has 0 aliphatic heterocycles. The van der Waals surface area contributed by atoms with E-state index < -0.39 is 0 Å². The molecule has 80 valence electrons. The van der Waals surface area contributed by atoms with Gasteiger partial charge in [0.1, 0.15) is 0 Å². The first-order valence-electron chi connectivity index (χ1n) is 4.61. The smallest absolute Gasteiger partial charge is 0.265 e. The van der Waals surface area contributed by atoms with Crippen LogP contribution in [0, 0.1) is 0 Å². The minimum atomic E-state index is -0.289. The number of nitrogens with one attached hydrogen (secondary N) is 1. The lowest BCUT2D eigenvalue weighted by Crippen LogP contribution is -2.29. The Hall–Kier alpha value is -1.32. The summed E-state index contributed by atoms with van der Waals surface area (Å²) in [6.07, 6.45) is 4.71. The minimum Gasteiger partial charge on any atom is -0.290 e. The molecule has 0 aromatic heterocycles. The Morgan fingerprint density at radius 1 is 1.53 bits per heavy atom. The number of carbonyl (C=O) groups is 1. The quantitative estimate of drug-likeness (QED) is 0.355. The van der Waals surface area contributed by atoms with Crippen LogP contribution in [0.1, 0.15) is 22.3 Å². The summed E-state index contributed by atoms with van der Waals surface area (Å²) in [5.74, 6) is 5.35. The van der Waals surface area contributed by atoms with Crippen molar-refractivity contribution in [1.82, 2.24) is 5.43 Å². The van der Waals surface area contributed by atoms with E-state index in [9.17, 15) is 4.79 Å². The molecule has 1 aromatic rings. The topological polar surface area (TPSA) is 55.1 Å². The molecule has 1 aromatic carbocycles. The number of rotatable bonds is 4. The Kier molecular flexibility index (Phi) is 4.87. The van der Waals surface area contributed by atoms with Gasteiger partial charge in [0, 0.05) is 11.4 Å². The third-order valence-corrected chi connectivity index (χ3v) is 2.08. The molecule has 3 nitrogen and oxygen atoms in total. The largest absolute Gasteiger partial charge is 0.290 e. The number of benzene rings is 1. The van der Waals surface area contributed by atoms with Crippen molar-refractivity contribution in [2.45, 2.75) is 6.42 Å². The van der Waals surface area contributed by atoms with Gasteiger partial charge in [-0.1, -0.05) is 24.3 Å². The van der Waals surface area contributed by atoms with Crippen LogP contribution in [-0.2, 0) is 0 Å². The first-order valence-corrected chi connectivity index (χ1v) is 5.15. The molecule has 0 bridgehead atoms. The zero-order valence-electron chi connectivity index (χ0n) is 8.24. The average Bonchev–Trinajstić information content (AvgIpc) is 2.29. The lowest BCUT2D eigenvalue weighted by molar-refractivity contribution is 0.0953. The van der Waals surface area contributed by atoms with Gasteiger partial charge in [-0.15, -0.1) is 11.6 Å². The molecule has 0 aliphatic carbocycles. The molecular weight excluding hydrogens is 212 g/mol. The number of amides is 1. The van der Waals surface area contributed by atoms with Gasteiger partial charge in [0.2, 0.25) is 0 Å². The summed E-state index contributed by atoms with van der Waals surface area (Å²) in [4.78, 5) is 11.2. The second-order valence-corrected chi connectivity index (χ2v) is 3.36. The van der Waals surface area contributed by atoms with Gasteiger partial charge in [-0.2, -0.15) is 0 Å². The van der Waals surface area contributed by atoms with Crippen molar-refractivity contribution in [3.63, 3.8) is 0 Å². The number of nitrogen functional groups attached to an aromatic ring is 1. The molecule has 1 rings (SSSR count). The SMILES string of the molecule is NNC(=O)c1cccc(C=CCCCl)c1. The number of halogens is 1. The van der Waals surface area contributed by atoms with Crippen molar-refractivity contribution >= 4 is 23.6 Å². The minimum absolute atomic E-state index is 0.289. The normalized spacial score (nSPS) is 10.5. The lowest BCUT2D eigenvalue weighted by atomic mass is 10.1. The first kappa shape index (κ1) is 11.8. The number of allylic oxidation sites excluding steroid dienone is 1. The van der Waals surface area contributed by atoms with E-state index in [0.717, 1.165) is 12.0 Å². The maximum atomic E-state index is 11.2. The summed E-state index contributed by atoms with van der Waals surface area (Å²) in [5.41, 5.74) is 3.60. The molecule has 0 saturated heterocycles. The highest BCUT2D eigenvalue weighted by molar-refractivity contribution is 6.17. The fourth-order valence-corrected chi connectivity index (χ4v) is 1.28. The van der Waals surface area contributed by atoms with E-state index in [4.69, 9.17) is 17.4 Å². The number of nitrogens with two attached hydrogens (primary N) is 1. The number of carbonyl (C=O) groups excluding carboxylic acids is 1. The van der Waals surface area contributed by atoms with Gasteiger partial charge in [-0.3, -0.25) is 10.2 Å². The van der Waals surface area contributed by atoms with E-state index >= 15 is 0 Å². The van der Waals surface area contributed by atoms with Crippen LogP contribution < -0.4 is 11.3 Å². The van der Waals surface area contributed by atoms with E-state index in [-0.39, 0.29) is 5.91 Å². The van der Waals surface area contributed by atoms with Crippen molar-refractivity contribution in [3.05, 3.63) is 41.5 Å². The van der Waals surface area contributed by atoms with E-state index in [1.807, 2.05) is 24.3 Å². The molecule has 15 heavy (non-hydrogen) atoms. The Labute approximate surface area is 93.9 Å². The monoisotopic (exact) mass is 224 g/mol. The molecule has 0 unspecified atom stereocenters. The van der Waals surface area contributed by atoms with Crippen molar-refractivity contribution in [3.8, 4) is 0 Å². The number of hydrazine groups is 1. The Balaban J connectivity index is 2.78. The van der Waals surface area contributed by atoms with Gasteiger partial charge in [0.15, 0.2) is 0 Å². The molecular formula is C11H13ClN2O. The van der Waals surface area contributed by atoms with E-state index in [0.29, 0.717) is 11.4 Å². The molecule has 0 aliphatic rings. The number of hydrogen-bond donors (Lipinski definition) is 2. The molecule has 0 fully saturated rings. The third-order valence-electron chi connectivity index (χ3n) is 1.87. The zero-order chi connectivity index (χ0) is 11.1. The van der Waals surface area contributed by atoms with Crippen LogP contribution >= 0.6 is 11.6 Å². The highest BCUT2D eigenvalue weighted by Gasteiger charge is 2.01. The lowest BCUT2D eigenvalue weighted by Gasteiger charge is -2.00. The van der Waals surface area contributed by atoms with Crippen LogP contribution in [0.3, 0.4) is 0 Å². The first-order chi connectivity index (χ1) is 7.27. The van der Waals surface area contributed by atoms with Gasteiger partial charge >= 0.3 is 0 Å². The highest BCUT2D eigenvalue weighted by atomic mass is 35.5. The molecule has 0 saturated carbocycles. The van der Waals surface area contributed by atoms with Gasteiger partial charge in [0.25, 0.3) is 5.91 Å². The second-order valence-electron chi connectivity index (χ2n) is 2.98. The molecule has 3 N–H and O–H groups in total. The third kappa shape index (κ3) is 3.73. The highest BCUT2D eigenvalue weighted by Crippen LogP contribution is 2.07. The average molecular weight is 225 g/mol. The van der Waals surface area contributed by atoms with Gasteiger partial charge in [-0.25, -0.2) is 5.84 Å². The summed E-state index contributed by atoms with van der Waals surface area (Å²) in [5, 5.41) is 0. The van der Waals surface area contributed by atoms with Crippen LogP contribution in [0.2, 0.25) is 0 Å². The summed E-state index contributed by atoms with van der Waals surface area (Å²) in [6, 6.07) is 7.21. The fraction of sp³-hybridized carbons (Fsp3) is 0.182. The molecule has 0 radical (unpaired) electrons. The molecule has 4 heteroatoms. The van der Waals surface area contributed by atoms with Gasteiger partial charge in [0.05, 0.1) is 0 Å². The summed E-state index contributed by atoms with van der Waals surface area (Å²) in [7, 11) is 0. The summed E-state index contributed by atoms with van der Waals surface area (Å²) < 4.78 is 0. The van der Waals surface area contributed by atoms with E-state index in [1.165, 1.54) is 0 Å². The number of hydrogen-bond acceptors (Lipinski definition) is 2. The molecule has 0 heterocycles. The molecule has 1 amide bonds. The maximum absolute atomic E-state index is 11.2. The van der Waals surface area contributed by atoms with Crippen molar-refractivity contribution in [2.75, 3.05) is 5.88 Å². The van der Waals surface area contributed by atoms with Gasteiger partial charge in [-0.05, 0) is 24.1 Å². The second kappa shape index (κ2) is 6.22. The predicted molar refractivity (Wildman–Crippen MR) is 62.5 cm³/mol. The van der Waals surface area contributed by atoms with Crippen molar-refractivity contribution < 1.29 is 4.79 Å². The Bertz CT molecular complexity index is 363. The fourth-order valence-electron chi connectivity index (χ4n) is 1.15. The van der Waals surface area contributed by atoms with Crippen molar-refractivity contribution in [2.24, 2.45) is 5.84 Å².